The van der Waals surface area contributed by atoms with Crippen molar-refractivity contribution in [3.05, 3.63) is 66.6 Å². The number of aromatic nitrogens is 5. The maximum atomic E-state index is 12.9. The molecule has 2 aromatic heterocycles. The van der Waals surface area contributed by atoms with Crippen molar-refractivity contribution in [2.45, 2.75) is 0 Å². The fourth-order valence-corrected chi connectivity index (χ4v) is 2.11. The molecule has 4 rings (SSSR count). The Balaban J connectivity index is 1.65. The maximum absolute atomic E-state index is 12.9. The lowest BCUT2D eigenvalue weighted by Gasteiger charge is -1.96. The fourth-order valence-electron chi connectivity index (χ4n) is 2.11. The third kappa shape index (κ3) is 2.59. The molecule has 0 atom stereocenters. The zero-order valence-electron chi connectivity index (χ0n) is 11.8. The number of benzene rings is 2. The number of nitrogens with zero attached hydrogens (tertiary/aromatic N) is 5. The lowest BCUT2D eigenvalue weighted by molar-refractivity contribution is 0.432. The highest BCUT2D eigenvalue weighted by Crippen LogP contribution is 2.21. The van der Waals surface area contributed by atoms with Crippen LogP contribution in [0.25, 0.3) is 28.7 Å². The highest BCUT2D eigenvalue weighted by molar-refractivity contribution is 5.56. The van der Waals surface area contributed by atoms with Gasteiger partial charge in [-0.1, -0.05) is 28.6 Å². The molecule has 0 bridgehead atoms. The molecule has 0 unspecified atom stereocenters. The Labute approximate surface area is 130 Å². The van der Waals surface area contributed by atoms with Gasteiger partial charge in [-0.3, -0.25) is 0 Å². The van der Waals surface area contributed by atoms with Crippen LogP contribution in [0.2, 0.25) is 0 Å². The monoisotopic (exact) mass is 307 g/mol. The molecule has 112 valence electrons. The smallest absolute Gasteiger partial charge is 0.258 e. The van der Waals surface area contributed by atoms with Crippen LogP contribution >= 0.6 is 0 Å². The molecule has 0 N–H and O–H groups in total. The normalized spacial score (nSPS) is 10.8. The first-order valence-corrected chi connectivity index (χ1v) is 6.87. The van der Waals surface area contributed by atoms with E-state index in [4.69, 9.17) is 4.52 Å². The Morgan fingerprint density at radius 3 is 2.52 bits per heavy atom. The summed E-state index contributed by atoms with van der Waals surface area (Å²) >= 11 is 0. The van der Waals surface area contributed by atoms with Crippen molar-refractivity contribution in [1.29, 1.82) is 0 Å². The third-order valence-electron chi connectivity index (χ3n) is 3.26. The van der Waals surface area contributed by atoms with E-state index in [1.165, 1.54) is 12.1 Å². The molecule has 0 saturated carbocycles. The summed E-state index contributed by atoms with van der Waals surface area (Å²) in [7, 11) is 0. The number of hydrogen-bond donors (Lipinski definition) is 0. The van der Waals surface area contributed by atoms with E-state index in [0.717, 1.165) is 5.69 Å². The molecule has 7 heteroatoms. The van der Waals surface area contributed by atoms with Crippen LogP contribution in [0.3, 0.4) is 0 Å². The fraction of sp³-hybridized carbons (Fsp3) is 0. The molecular weight excluding hydrogens is 297 g/mol. The van der Waals surface area contributed by atoms with E-state index < -0.39 is 0 Å². The summed E-state index contributed by atoms with van der Waals surface area (Å²) in [4.78, 5) is 4.27. The Morgan fingerprint density at radius 1 is 0.957 bits per heavy atom. The molecule has 0 radical (unpaired) electrons. The molecule has 0 spiro atoms. The summed E-state index contributed by atoms with van der Waals surface area (Å²) < 4.78 is 19.8. The van der Waals surface area contributed by atoms with Gasteiger partial charge in [-0.25, -0.2) is 9.07 Å². The summed E-state index contributed by atoms with van der Waals surface area (Å²) in [5.74, 6) is 0.306. The minimum atomic E-state index is -0.320. The van der Waals surface area contributed by atoms with Crippen molar-refractivity contribution in [3.63, 3.8) is 0 Å². The van der Waals surface area contributed by atoms with Gasteiger partial charge in [0.25, 0.3) is 5.89 Å². The highest BCUT2D eigenvalue weighted by Gasteiger charge is 2.14. The standard InChI is InChI=1S/C16H10FN5O/c17-12-8-6-11(7-9-12)16-18-15(20-23-16)14-10-22(21-19-14)13-4-2-1-3-5-13/h1-10H. The first kappa shape index (κ1) is 13.3. The van der Waals surface area contributed by atoms with Crippen molar-refractivity contribution >= 4 is 0 Å². The van der Waals surface area contributed by atoms with Gasteiger partial charge in [0.15, 0.2) is 5.69 Å². The van der Waals surface area contributed by atoms with E-state index in [1.54, 1.807) is 23.0 Å². The molecule has 2 heterocycles. The Kier molecular flexibility index (Phi) is 3.16. The molecular formula is C16H10FN5O. The van der Waals surface area contributed by atoms with Crippen LogP contribution in [0.4, 0.5) is 4.39 Å². The van der Waals surface area contributed by atoms with Gasteiger partial charge in [0.2, 0.25) is 5.82 Å². The van der Waals surface area contributed by atoms with Gasteiger partial charge in [0.05, 0.1) is 11.9 Å². The van der Waals surface area contributed by atoms with Crippen LogP contribution in [-0.2, 0) is 0 Å². The van der Waals surface area contributed by atoms with Gasteiger partial charge in [0, 0.05) is 5.56 Å². The third-order valence-corrected chi connectivity index (χ3v) is 3.26. The molecule has 4 aromatic rings. The van der Waals surface area contributed by atoms with Crippen LogP contribution < -0.4 is 0 Å². The van der Waals surface area contributed by atoms with Crippen LogP contribution in [0.15, 0.2) is 65.3 Å². The van der Waals surface area contributed by atoms with Crippen molar-refractivity contribution in [3.8, 4) is 28.7 Å². The van der Waals surface area contributed by atoms with Crippen LogP contribution in [-0.4, -0.2) is 25.1 Å². The predicted molar refractivity (Wildman–Crippen MR) is 80.0 cm³/mol. The first-order valence-electron chi connectivity index (χ1n) is 6.87. The largest absolute Gasteiger partial charge is 0.334 e. The SMILES string of the molecule is Fc1ccc(-c2nc(-c3cn(-c4ccccc4)nn3)no2)cc1. The summed E-state index contributed by atoms with van der Waals surface area (Å²) in [6, 6.07) is 15.4. The van der Waals surface area contributed by atoms with E-state index in [-0.39, 0.29) is 5.82 Å². The zero-order valence-corrected chi connectivity index (χ0v) is 11.8. The molecule has 23 heavy (non-hydrogen) atoms. The number of para-hydroxylation sites is 1. The van der Waals surface area contributed by atoms with Crippen LogP contribution in [0.5, 0.6) is 0 Å². The topological polar surface area (TPSA) is 69.6 Å². The Hall–Kier alpha value is -3.35. The van der Waals surface area contributed by atoms with Crippen LogP contribution in [0.1, 0.15) is 0 Å². The van der Waals surface area contributed by atoms with Crippen LogP contribution in [0, 0.1) is 5.82 Å². The van der Waals surface area contributed by atoms with Gasteiger partial charge < -0.3 is 4.52 Å². The molecule has 0 fully saturated rings. The number of hydrogen-bond acceptors (Lipinski definition) is 5. The van der Waals surface area contributed by atoms with Crippen molar-refractivity contribution in [1.82, 2.24) is 25.1 Å². The Morgan fingerprint density at radius 2 is 1.74 bits per heavy atom. The van der Waals surface area contributed by atoms with Gasteiger partial charge in [-0.15, -0.1) is 5.10 Å². The number of rotatable bonds is 3. The molecule has 0 amide bonds. The second kappa shape index (κ2) is 5.45. The van der Waals surface area contributed by atoms with Gasteiger partial charge in [0.1, 0.15) is 5.82 Å². The van der Waals surface area contributed by atoms with E-state index >= 15 is 0 Å². The minimum Gasteiger partial charge on any atom is -0.334 e. The lowest BCUT2D eigenvalue weighted by atomic mass is 10.2. The van der Waals surface area contributed by atoms with Gasteiger partial charge in [-0.2, -0.15) is 4.98 Å². The quantitative estimate of drug-likeness (QED) is 0.581. The first-order chi connectivity index (χ1) is 11.3. The zero-order chi connectivity index (χ0) is 15.6. The van der Waals surface area contributed by atoms with Gasteiger partial charge >= 0.3 is 0 Å². The summed E-state index contributed by atoms with van der Waals surface area (Å²) in [5, 5.41) is 12.0. The summed E-state index contributed by atoms with van der Waals surface area (Å²) in [5.41, 5.74) is 2.01. The highest BCUT2D eigenvalue weighted by atomic mass is 19.1. The van der Waals surface area contributed by atoms with E-state index in [9.17, 15) is 4.39 Å². The van der Waals surface area contributed by atoms with Crippen molar-refractivity contribution < 1.29 is 8.91 Å². The molecule has 0 aliphatic rings. The minimum absolute atomic E-state index is 0.300. The predicted octanol–water partition coefficient (Wildman–Crippen LogP) is 3.12. The molecule has 6 nitrogen and oxygen atoms in total. The van der Waals surface area contributed by atoms with E-state index in [0.29, 0.717) is 23.0 Å². The molecule has 2 aromatic carbocycles. The lowest BCUT2D eigenvalue weighted by Crippen LogP contribution is -1.93. The molecule has 0 aliphatic carbocycles. The second-order valence-corrected chi connectivity index (χ2v) is 4.81. The second-order valence-electron chi connectivity index (χ2n) is 4.81. The number of halogens is 1. The molecule has 0 aliphatic heterocycles. The van der Waals surface area contributed by atoms with E-state index in [2.05, 4.69) is 20.5 Å². The summed E-state index contributed by atoms with van der Waals surface area (Å²) in [6.45, 7) is 0. The molecule has 0 saturated heterocycles. The maximum Gasteiger partial charge on any atom is 0.258 e. The van der Waals surface area contributed by atoms with Crippen molar-refractivity contribution in [2.24, 2.45) is 0 Å². The van der Waals surface area contributed by atoms with Gasteiger partial charge in [-0.05, 0) is 36.4 Å². The average Bonchev–Trinajstić information content (AvgIpc) is 3.26. The van der Waals surface area contributed by atoms with Crippen molar-refractivity contribution in [2.75, 3.05) is 0 Å². The van der Waals surface area contributed by atoms with E-state index in [1.807, 2.05) is 30.3 Å². The Bertz CT molecular complexity index is 931. The summed E-state index contributed by atoms with van der Waals surface area (Å²) in [6.07, 6.45) is 1.72. The average molecular weight is 307 g/mol.